The van der Waals surface area contributed by atoms with Crippen LogP contribution in [0.15, 0.2) is 46.9 Å². The van der Waals surface area contributed by atoms with Crippen LogP contribution < -0.4 is 15.8 Å². The Morgan fingerprint density at radius 1 is 1.19 bits per heavy atom. The van der Waals surface area contributed by atoms with E-state index in [4.69, 9.17) is 22.7 Å². The van der Waals surface area contributed by atoms with Gasteiger partial charge >= 0.3 is 0 Å². The maximum Gasteiger partial charge on any atom is 0.255 e. The van der Waals surface area contributed by atoms with Gasteiger partial charge in [-0.05, 0) is 30.3 Å². The lowest BCUT2D eigenvalue weighted by atomic mass is 10.1. The molecule has 6 heteroatoms. The molecular weight excluding hydrogens is 352 g/mol. The summed E-state index contributed by atoms with van der Waals surface area (Å²) < 4.78 is 6.07. The van der Waals surface area contributed by atoms with Gasteiger partial charge in [-0.15, -0.1) is 0 Å². The van der Waals surface area contributed by atoms with Gasteiger partial charge in [0.2, 0.25) is 0 Å². The second-order valence-electron chi connectivity index (χ2n) is 4.24. The molecule has 2 rings (SSSR count). The largest absolute Gasteiger partial charge is 0.495 e. The Balaban J connectivity index is 2.21. The molecular formula is C15H13BrN2O2S. The van der Waals surface area contributed by atoms with E-state index in [1.807, 2.05) is 6.07 Å². The van der Waals surface area contributed by atoms with Gasteiger partial charge in [0.15, 0.2) is 0 Å². The molecule has 1 amide bonds. The van der Waals surface area contributed by atoms with E-state index in [-0.39, 0.29) is 5.91 Å². The first-order chi connectivity index (χ1) is 10.0. The number of thiocarbonyl (C=S) groups is 1. The zero-order chi connectivity index (χ0) is 15.4. The highest BCUT2D eigenvalue weighted by Crippen LogP contribution is 2.28. The Kier molecular flexibility index (Phi) is 4.93. The van der Waals surface area contributed by atoms with Crippen molar-refractivity contribution in [3.05, 3.63) is 58.1 Å². The monoisotopic (exact) mass is 364 g/mol. The Bertz CT molecular complexity index is 687. The maximum absolute atomic E-state index is 12.2. The molecule has 0 spiro atoms. The summed E-state index contributed by atoms with van der Waals surface area (Å²) in [6, 6.07) is 12.2. The summed E-state index contributed by atoms with van der Waals surface area (Å²) in [6.07, 6.45) is 0. The Morgan fingerprint density at radius 3 is 2.38 bits per heavy atom. The van der Waals surface area contributed by atoms with Gasteiger partial charge in [0.25, 0.3) is 5.91 Å². The average molecular weight is 365 g/mol. The fourth-order valence-electron chi connectivity index (χ4n) is 1.76. The lowest BCUT2D eigenvalue weighted by molar-refractivity contribution is 0.102. The SMILES string of the molecule is COc1ccc(Br)cc1NC(=O)c1ccc(C(N)=S)cc1. The van der Waals surface area contributed by atoms with E-state index in [1.165, 1.54) is 0 Å². The minimum Gasteiger partial charge on any atom is -0.495 e. The van der Waals surface area contributed by atoms with Gasteiger partial charge in [-0.2, -0.15) is 0 Å². The first-order valence-corrected chi connectivity index (χ1v) is 7.26. The predicted octanol–water partition coefficient (Wildman–Crippen LogP) is 3.34. The van der Waals surface area contributed by atoms with Crippen LogP contribution >= 0.6 is 28.1 Å². The number of hydrogen-bond acceptors (Lipinski definition) is 3. The number of anilines is 1. The molecule has 0 saturated heterocycles. The van der Waals surface area contributed by atoms with Crippen molar-refractivity contribution < 1.29 is 9.53 Å². The lowest BCUT2D eigenvalue weighted by Crippen LogP contribution is -2.14. The van der Waals surface area contributed by atoms with Crippen molar-refractivity contribution in [3.63, 3.8) is 0 Å². The molecule has 0 aliphatic rings. The summed E-state index contributed by atoms with van der Waals surface area (Å²) in [5.74, 6) is 0.354. The molecule has 4 nitrogen and oxygen atoms in total. The number of amides is 1. The number of benzene rings is 2. The summed E-state index contributed by atoms with van der Waals surface area (Å²) in [5, 5.41) is 2.81. The van der Waals surface area contributed by atoms with E-state index in [9.17, 15) is 4.79 Å². The Morgan fingerprint density at radius 2 is 1.81 bits per heavy atom. The normalized spacial score (nSPS) is 10.0. The first kappa shape index (κ1) is 15.5. The van der Waals surface area contributed by atoms with Gasteiger partial charge in [0.1, 0.15) is 10.7 Å². The van der Waals surface area contributed by atoms with Crippen LogP contribution in [0.3, 0.4) is 0 Å². The molecule has 0 bridgehead atoms. The van der Waals surface area contributed by atoms with Gasteiger partial charge in [-0.3, -0.25) is 4.79 Å². The van der Waals surface area contributed by atoms with Gasteiger partial charge < -0.3 is 15.8 Å². The smallest absolute Gasteiger partial charge is 0.255 e. The number of nitrogens with one attached hydrogen (secondary N) is 1. The zero-order valence-electron chi connectivity index (χ0n) is 11.2. The van der Waals surface area contributed by atoms with Crippen LogP contribution in [0.1, 0.15) is 15.9 Å². The quantitative estimate of drug-likeness (QED) is 0.816. The van der Waals surface area contributed by atoms with Crippen LogP contribution in [0.4, 0.5) is 5.69 Å². The molecule has 21 heavy (non-hydrogen) atoms. The van der Waals surface area contributed by atoms with Gasteiger partial charge in [0, 0.05) is 15.6 Å². The molecule has 0 unspecified atom stereocenters. The van der Waals surface area contributed by atoms with Crippen molar-refractivity contribution in [1.82, 2.24) is 0 Å². The summed E-state index contributed by atoms with van der Waals surface area (Å²) in [6.45, 7) is 0. The van der Waals surface area contributed by atoms with E-state index < -0.39 is 0 Å². The lowest BCUT2D eigenvalue weighted by Gasteiger charge is -2.11. The third-order valence-corrected chi connectivity index (χ3v) is 3.57. The van der Waals surface area contributed by atoms with Crippen LogP contribution in [-0.4, -0.2) is 18.0 Å². The minimum absolute atomic E-state index is 0.235. The van der Waals surface area contributed by atoms with Crippen LogP contribution in [0.2, 0.25) is 0 Å². The third kappa shape index (κ3) is 3.80. The van der Waals surface area contributed by atoms with E-state index in [2.05, 4.69) is 21.2 Å². The fourth-order valence-corrected chi connectivity index (χ4v) is 2.26. The molecule has 108 valence electrons. The molecule has 0 aromatic heterocycles. The molecule has 3 N–H and O–H groups in total. The number of hydrogen-bond donors (Lipinski definition) is 2. The Hall–Kier alpha value is -1.92. The highest BCUT2D eigenvalue weighted by molar-refractivity contribution is 9.10. The summed E-state index contributed by atoms with van der Waals surface area (Å²) in [4.78, 5) is 12.5. The standard InChI is InChI=1S/C15H13BrN2O2S/c1-20-13-7-6-11(16)8-12(13)18-15(19)10-4-2-9(3-5-10)14(17)21/h2-8H,1H3,(H2,17,21)(H,18,19). The number of carbonyl (C=O) groups excluding carboxylic acids is 1. The van der Waals surface area contributed by atoms with Crippen molar-refractivity contribution in [2.45, 2.75) is 0 Å². The van der Waals surface area contributed by atoms with Crippen LogP contribution in [0, 0.1) is 0 Å². The number of halogens is 1. The van der Waals surface area contributed by atoms with Gasteiger partial charge in [0.05, 0.1) is 12.8 Å². The second kappa shape index (κ2) is 6.69. The number of carbonyl (C=O) groups is 1. The highest BCUT2D eigenvalue weighted by atomic mass is 79.9. The number of rotatable bonds is 4. The van der Waals surface area contributed by atoms with Crippen LogP contribution in [0.25, 0.3) is 0 Å². The van der Waals surface area contributed by atoms with Crippen molar-refractivity contribution in [2.24, 2.45) is 5.73 Å². The topological polar surface area (TPSA) is 64.3 Å². The van der Waals surface area contributed by atoms with Crippen molar-refractivity contribution >= 4 is 44.7 Å². The van der Waals surface area contributed by atoms with Crippen LogP contribution in [0.5, 0.6) is 5.75 Å². The zero-order valence-corrected chi connectivity index (χ0v) is 13.6. The summed E-state index contributed by atoms with van der Waals surface area (Å²) >= 11 is 8.24. The van der Waals surface area contributed by atoms with E-state index in [0.717, 1.165) is 10.0 Å². The number of ether oxygens (including phenoxy) is 1. The number of nitrogens with two attached hydrogens (primary N) is 1. The van der Waals surface area contributed by atoms with Crippen LogP contribution in [-0.2, 0) is 0 Å². The van der Waals surface area contributed by atoms with Crippen molar-refractivity contribution in [2.75, 3.05) is 12.4 Å². The number of methoxy groups -OCH3 is 1. The van der Waals surface area contributed by atoms with Crippen molar-refractivity contribution in [3.8, 4) is 5.75 Å². The first-order valence-electron chi connectivity index (χ1n) is 6.06. The second-order valence-corrected chi connectivity index (χ2v) is 5.60. The minimum atomic E-state index is -0.235. The summed E-state index contributed by atoms with van der Waals surface area (Å²) in [5.41, 5.74) is 7.35. The molecule has 0 fully saturated rings. The molecule has 2 aromatic carbocycles. The van der Waals surface area contributed by atoms with Gasteiger partial charge in [-0.1, -0.05) is 40.3 Å². The highest BCUT2D eigenvalue weighted by Gasteiger charge is 2.10. The van der Waals surface area contributed by atoms with Gasteiger partial charge in [-0.25, -0.2) is 0 Å². The third-order valence-electron chi connectivity index (χ3n) is 2.84. The predicted molar refractivity (Wildman–Crippen MR) is 91.0 cm³/mol. The molecule has 0 aliphatic carbocycles. The maximum atomic E-state index is 12.2. The molecule has 0 saturated carbocycles. The molecule has 0 heterocycles. The Labute approximate surface area is 136 Å². The fraction of sp³-hybridized carbons (Fsp3) is 0.0667. The molecule has 0 atom stereocenters. The molecule has 0 aliphatic heterocycles. The molecule has 2 aromatic rings. The summed E-state index contributed by atoms with van der Waals surface area (Å²) in [7, 11) is 1.55. The molecule has 0 radical (unpaired) electrons. The van der Waals surface area contributed by atoms with Crippen molar-refractivity contribution in [1.29, 1.82) is 0 Å². The van der Waals surface area contributed by atoms with E-state index >= 15 is 0 Å². The van der Waals surface area contributed by atoms with E-state index in [1.54, 1.807) is 43.5 Å². The average Bonchev–Trinajstić information content (AvgIpc) is 2.47. The van der Waals surface area contributed by atoms with E-state index in [0.29, 0.717) is 22.0 Å².